The number of nitrogens with two attached hydrogens (primary N) is 1. The van der Waals surface area contributed by atoms with E-state index in [0.29, 0.717) is 12.2 Å². The molecule has 4 nitrogen and oxygen atoms in total. The minimum Gasteiger partial charge on any atom is -0.504 e. The van der Waals surface area contributed by atoms with Crippen LogP contribution in [0.1, 0.15) is 5.56 Å². The quantitative estimate of drug-likeness (QED) is 0.477. The van der Waals surface area contributed by atoms with E-state index in [4.69, 9.17) is 15.9 Å². The Morgan fingerprint density at radius 1 is 1.62 bits per heavy atom. The van der Waals surface area contributed by atoms with Gasteiger partial charge in [-0.25, -0.2) is 0 Å². The van der Waals surface area contributed by atoms with Crippen molar-refractivity contribution in [3.05, 3.63) is 23.8 Å². The smallest absolute Gasteiger partial charge is 0.160 e. The van der Waals surface area contributed by atoms with Crippen molar-refractivity contribution in [3.8, 4) is 11.5 Å². The molecule has 1 aromatic carbocycles. The van der Waals surface area contributed by atoms with Crippen LogP contribution in [-0.2, 0) is 6.42 Å². The Balaban J connectivity index is 2.92. The van der Waals surface area contributed by atoms with Gasteiger partial charge in [-0.1, -0.05) is 6.07 Å². The van der Waals surface area contributed by atoms with E-state index in [2.05, 4.69) is 0 Å². The third-order valence-electron chi connectivity index (χ3n) is 1.64. The number of amidine groups is 1. The van der Waals surface area contributed by atoms with Gasteiger partial charge in [0.05, 0.1) is 12.9 Å². The van der Waals surface area contributed by atoms with E-state index in [-0.39, 0.29) is 11.6 Å². The summed E-state index contributed by atoms with van der Waals surface area (Å²) in [6, 6.07) is 4.90. The Morgan fingerprint density at radius 2 is 2.31 bits per heavy atom. The zero-order valence-electron chi connectivity index (χ0n) is 7.37. The number of hydrogen-bond donors (Lipinski definition) is 3. The van der Waals surface area contributed by atoms with E-state index in [1.165, 1.54) is 13.2 Å². The van der Waals surface area contributed by atoms with Gasteiger partial charge in [0, 0.05) is 6.42 Å². The third kappa shape index (κ3) is 2.37. The second-order valence-corrected chi connectivity index (χ2v) is 2.71. The number of aromatic hydroxyl groups is 1. The molecule has 0 heterocycles. The first kappa shape index (κ1) is 9.38. The van der Waals surface area contributed by atoms with Crippen LogP contribution in [0.4, 0.5) is 0 Å². The predicted octanol–water partition coefficient (Wildman–Crippen LogP) is 0.879. The van der Waals surface area contributed by atoms with E-state index < -0.39 is 0 Å². The molecular weight excluding hydrogens is 168 g/mol. The lowest BCUT2D eigenvalue weighted by molar-refractivity contribution is 0.373. The van der Waals surface area contributed by atoms with Gasteiger partial charge in [0.25, 0.3) is 0 Å². The van der Waals surface area contributed by atoms with Crippen LogP contribution in [-0.4, -0.2) is 18.1 Å². The highest BCUT2D eigenvalue weighted by atomic mass is 16.5. The summed E-state index contributed by atoms with van der Waals surface area (Å²) < 4.78 is 4.91. The Labute approximate surface area is 76.5 Å². The zero-order valence-corrected chi connectivity index (χ0v) is 7.37. The summed E-state index contributed by atoms with van der Waals surface area (Å²) in [5.41, 5.74) is 6.08. The first-order valence-corrected chi connectivity index (χ1v) is 3.82. The Hall–Kier alpha value is -1.71. The van der Waals surface area contributed by atoms with Gasteiger partial charge in [-0.2, -0.15) is 0 Å². The summed E-state index contributed by atoms with van der Waals surface area (Å²) in [5.74, 6) is 0.585. The van der Waals surface area contributed by atoms with Crippen LogP contribution in [0.15, 0.2) is 18.2 Å². The maximum atomic E-state index is 9.26. The number of methoxy groups -OCH3 is 1. The summed E-state index contributed by atoms with van der Waals surface area (Å²) >= 11 is 0. The van der Waals surface area contributed by atoms with Gasteiger partial charge in [-0.3, -0.25) is 5.41 Å². The molecule has 0 aliphatic carbocycles. The standard InChI is InChI=1S/C9H12N2O2/c1-13-8-4-6(5-9(10)11)2-3-7(8)12/h2-4,12H,5H2,1H3,(H3,10,11). The first-order valence-electron chi connectivity index (χ1n) is 3.82. The van der Waals surface area contributed by atoms with E-state index >= 15 is 0 Å². The van der Waals surface area contributed by atoms with Crippen LogP contribution in [0.5, 0.6) is 11.5 Å². The lowest BCUT2D eigenvalue weighted by Crippen LogP contribution is -2.12. The molecule has 4 heteroatoms. The molecule has 0 unspecified atom stereocenters. The minimum absolute atomic E-state index is 0.0905. The number of phenols is 1. The van der Waals surface area contributed by atoms with Crippen molar-refractivity contribution in [1.82, 2.24) is 0 Å². The molecule has 1 aromatic rings. The molecule has 0 amide bonds. The van der Waals surface area contributed by atoms with Crippen LogP contribution < -0.4 is 10.5 Å². The monoisotopic (exact) mass is 180 g/mol. The Kier molecular flexibility index (Phi) is 2.74. The fourth-order valence-corrected chi connectivity index (χ4v) is 1.05. The minimum atomic E-state index is 0.0905. The summed E-state index contributed by atoms with van der Waals surface area (Å²) in [6.45, 7) is 0. The second-order valence-electron chi connectivity index (χ2n) is 2.71. The Morgan fingerprint density at radius 3 is 2.85 bits per heavy atom. The molecule has 0 radical (unpaired) electrons. The highest BCUT2D eigenvalue weighted by molar-refractivity contribution is 5.79. The molecule has 70 valence electrons. The molecule has 0 atom stereocenters. The van der Waals surface area contributed by atoms with E-state index in [1.807, 2.05) is 0 Å². The van der Waals surface area contributed by atoms with E-state index in [1.54, 1.807) is 12.1 Å². The predicted molar refractivity (Wildman–Crippen MR) is 50.3 cm³/mol. The summed E-state index contributed by atoms with van der Waals surface area (Å²) in [7, 11) is 1.48. The lowest BCUT2D eigenvalue weighted by atomic mass is 10.1. The first-order chi connectivity index (χ1) is 6.13. The largest absolute Gasteiger partial charge is 0.504 e. The van der Waals surface area contributed by atoms with Crippen LogP contribution in [0.25, 0.3) is 0 Å². The fraction of sp³-hybridized carbons (Fsp3) is 0.222. The molecule has 0 fully saturated rings. The number of ether oxygens (including phenoxy) is 1. The van der Waals surface area contributed by atoms with Crippen LogP contribution in [0.2, 0.25) is 0 Å². The van der Waals surface area contributed by atoms with Gasteiger partial charge < -0.3 is 15.6 Å². The summed E-state index contributed by atoms with van der Waals surface area (Å²) in [6.07, 6.45) is 0.372. The Bertz CT molecular complexity index is 323. The van der Waals surface area contributed by atoms with Gasteiger partial charge >= 0.3 is 0 Å². The second kappa shape index (κ2) is 3.80. The van der Waals surface area contributed by atoms with Gasteiger partial charge in [0.15, 0.2) is 11.5 Å². The molecule has 1 rings (SSSR count). The number of nitrogens with one attached hydrogen (secondary N) is 1. The van der Waals surface area contributed by atoms with Crippen LogP contribution in [0.3, 0.4) is 0 Å². The number of phenolic OH excluding ortho intramolecular Hbond substituents is 1. The third-order valence-corrected chi connectivity index (χ3v) is 1.64. The van der Waals surface area contributed by atoms with Gasteiger partial charge in [-0.15, -0.1) is 0 Å². The molecule has 0 saturated carbocycles. The zero-order chi connectivity index (χ0) is 9.84. The molecule has 0 spiro atoms. The normalized spacial score (nSPS) is 9.62. The number of hydrogen-bond acceptors (Lipinski definition) is 3. The average molecular weight is 180 g/mol. The summed E-state index contributed by atoms with van der Waals surface area (Å²) in [4.78, 5) is 0. The highest BCUT2D eigenvalue weighted by Gasteiger charge is 2.02. The van der Waals surface area contributed by atoms with Crippen molar-refractivity contribution in [2.24, 2.45) is 5.73 Å². The van der Waals surface area contributed by atoms with Crippen molar-refractivity contribution in [1.29, 1.82) is 5.41 Å². The van der Waals surface area contributed by atoms with Gasteiger partial charge in [0.2, 0.25) is 0 Å². The fourth-order valence-electron chi connectivity index (χ4n) is 1.05. The molecule has 0 bridgehead atoms. The number of benzene rings is 1. The van der Waals surface area contributed by atoms with Crippen molar-refractivity contribution in [2.45, 2.75) is 6.42 Å². The SMILES string of the molecule is COc1cc(CC(=N)N)ccc1O. The van der Waals surface area contributed by atoms with Crippen molar-refractivity contribution in [3.63, 3.8) is 0 Å². The van der Waals surface area contributed by atoms with Gasteiger partial charge in [0.1, 0.15) is 0 Å². The van der Waals surface area contributed by atoms with Crippen molar-refractivity contribution < 1.29 is 9.84 Å². The van der Waals surface area contributed by atoms with E-state index in [0.717, 1.165) is 5.56 Å². The van der Waals surface area contributed by atoms with Crippen LogP contribution >= 0.6 is 0 Å². The maximum Gasteiger partial charge on any atom is 0.160 e. The molecule has 13 heavy (non-hydrogen) atoms. The lowest BCUT2D eigenvalue weighted by Gasteiger charge is -2.05. The van der Waals surface area contributed by atoms with Gasteiger partial charge in [-0.05, 0) is 17.7 Å². The molecular formula is C9H12N2O2. The number of rotatable bonds is 3. The van der Waals surface area contributed by atoms with Crippen molar-refractivity contribution in [2.75, 3.05) is 7.11 Å². The average Bonchev–Trinajstić information content (AvgIpc) is 2.07. The molecule has 0 aromatic heterocycles. The maximum absolute atomic E-state index is 9.26. The highest BCUT2D eigenvalue weighted by Crippen LogP contribution is 2.26. The molecule has 0 aliphatic heterocycles. The topological polar surface area (TPSA) is 79.3 Å². The van der Waals surface area contributed by atoms with E-state index in [9.17, 15) is 5.11 Å². The summed E-state index contributed by atoms with van der Waals surface area (Å²) in [5, 5.41) is 16.3. The van der Waals surface area contributed by atoms with Crippen LogP contribution in [0, 0.1) is 5.41 Å². The van der Waals surface area contributed by atoms with Crippen molar-refractivity contribution >= 4 is 5.84 Å². The molecule has 0 saturated heterocycles. The molecule has 0 aliphatic rings. The molecule has 4 N–H and O–H groups in total.